The smallest absolute Gasteiger partial charge is 0.128 e. The molecule has 2 N–H and O–H groups in total. The maximum Gasteiger partial charge on any atom is 0.128 e. The lowest BCUT2D eigenvalue weighted by Gasteiger charge is -2.10. The minimum atomic E-state index is 0.423. The molecule has 18 heavy (non-hydrogen) atoms. The molecule has 0 atom stereocenters. The number of aromatic nitrogens is 2. The highest BCUT2D eigenvalue weighted by Crippen LogP contribution is 2.34. The predicted molar refractivity (Wildman–Crippen MR) is 69.6 cm³/mol. The Bertz CT molecular complexity index is 549. The molecular formula is C13H17N3O2. The molecule has 1 aromatic heterocycles. The van der Waals surface area contributed by atoms with E-state index in [1.165, 1.54) is 0 Å². The summed E-state index contributed by atoms with van der Waals surface area (Å²) in [6, 6.07) is 5.62. The molecule has 0 aliphatic heterocycles. The first-order valence-corrected chi connectivity index (χ1v) is 5.64. The van der Waals surface area contributed by atoms with Crippen LogP contribution in [0.5, 0.6) is 11.5 Å². The second-order valence-electron chi connectivity index (χ2n) is 3.92. The van der Waals surface area contributed by atoms with Crippen LogP contribution in [-0.2, 0) is 13.6 Å². The molecule has 0 fully saturated rings. The largest absolute Gasteiger partial charge is 0.497 e. The zero-order valence-electron chi connectivity index (χ0n) is 10.8. The highest BCUT2D eigenvalue weighted by Gasteiger charge is 2.15. The van der Waals surface area contributed by atoms with Gasteiger partial charge in [-0.1, -0.05) is 0 Å². The van der Waals surface area contributed by atoms with Crippen LogP contribution in [0.15, 0.2) is 24.5 Å². The van der Waals surface area contributed by atoms with E-state index in [4.69, 9.17) is 15.2 Å². The van der Waals surface area contributed by atoms with Crippen molar-refractivity contribution in [3.63, 3.8) is 0 Å². The molecule has 1 aromatic carbocycles. The van der Waals surface area contributed by atoms with Crippen molar-refractivity contribution in [3.05, 3.63) is 30.2 Å². The van der Waals surface area contributed by atoms with Crippen LogP contribution in [0.25, 0.3) is 11.3 Å². The van der Waals surface area contributed by atoms with Crippen LogP contribution in [-0.4, -0.2) is 23.8 Å². The Morgan fingerprint density at radius 1 is 1.28 bits per heavy atom. The molecule has 0 aliphatic rings. The van der Waals surface area contributed by atoms with Gasteiger partial charge < -0.3 is 19.8 Å². The summed E-state index contributed by atoms with van der Waals surface area (Å²) >= 11 is 0. The predicted octanol–water partition coefficient (Wildman–Crippen LogP) is 1.56. The van der Waals surface area contributed by atoms with Crippen molar-refractivity contribution >= 4 is 0 Å². The van der Waals surface area contributed by atoms with Gasteiger partial charge in [-0.2, -0.15) is 0 Å². The first kappa shape index (κ1) is 12.4. The Labute approximate surface area is 106 Å². The second-order valence-corrected chi connectivity index (χ2v) is 3.92. The van der Waals surface area contributed by atoms with Crippen molar-refractivity contribution in [2.24, 2.45) is 12.8 Å². The van der Waals surface area contributed by atoms with Gasteiger partial charge in [0.05, 0.1) is 31.9 Å². The van der Waals surface area contributed by atoms with Gasteiger partial charge in [-0.15, -0.1) is 0 Å². The maximum atomic E-state index is 5.76. The van der Waals surface area contributed by atoms with Gasteiger partial charge in [0, 0.05) is 19.2 Å². The molecule has 1 heterocycles. The number of ether oxygens (including phenoxy) is 2. The number of nitrogens with zero attached hydrogens (tertiary/aromatic N) is 2. The minimum absolute atomic E-state index is 0.423. The Kier molecular flexibility index (Phi) is 3.53. The molecule has 0 bridgehead atoms. The third-order valence-electron chi connectivity index (χ3n) is 2.91. The van der Waals surface area contributed by atoms with E-state index in [1.54, 1.807) is 20.5 Å². The fraction of sp³-hybridized carbons (Fsp3) is 0.308. The monoisotopic (exact) mass is 247 g/mol. The molecule has 0 amide bonds. The zero-order valence-corrected chi connectivity index (χ0v) is 10.8. The third-order valence-corrected chi connectivity index (χ3v) is 2.91. The summed E-state index contributed by atoms with van der Waals surface area (Å²) in [5.74, 6) is 1.52. The molecule has 5 heteroatoms. The standard InChI is InChI=1S/C13H17N3O2/c1-16-8-15-13(11(16)7-14)10-6-9(17-2)4-5-12(10)18-3/h4-6,8H,7,14H2,1-3H3. The highest BCUT2D eigenvalue weighted by atomic mass is 16.5. The van der Waals surface area contributed by atoms with Gasteiger partial charge in [0.15, 0.2) is 0 Å². The fourth-order valence-electron chi connectivity index (χ4n) is 1.92. The van der Waals surface area contributed by atoms with E-state index >= 15 is 0 Å². The van der Waals surface area contributed by atoms with E-state index in [0.717, 1.165) is 28.5 Å². The average Bonchev–Trinajstić information content (AvgIpc) is 2.78. The van der Waals surface area contributed by atoms with Crippen molar-refractivity contribution < 1.29 is 9.47 Å². The lowest BCUT2D eigenvalue weighted by atomic mass is 10.1. The minimum Gasteiger partial charge on any atom is -0.497 e. The van der Waals surface area contributed by atoms with E-state index in [2.05, 4.69) is 4.98 Å². The van der Waals surface area contributed by atoms with Gasteiger partial charge in [0.25, 0.3) is 0 Å². The third kappa shape index (κ3) is 2.04. The molecule has 2 aromatic rings. The summed E-state index contributed by atoms with van der Waals surface area (Å²) < 4.78 is 12.5. The first-order chi connectivity index (χ1) is 8.71. The number of nitrogens with two attached hydrogens (primary N) is 1. The molecule has 0 saturated carbocycles. The Balaban J connectivity index is 2.60. The number of benzene rings is 1. The summed E-state index contributed by atoms with van der Waals surface area (Å²) in [6.07, 6.45) is 1.75. The lowest BCUT2D eigenvalue weighted by molar-refractivity contribution is 0.404. The number of methoxy groups -OCH3 is 2. The van der Waals surface area contributed by atoms with E-state index in [9.17, 15) is 0 Å². The van der Waals surface area contributed by atoms with Crippen molar-refractivity contribution in [2.45, 2.75) is 6.54 Å². The van der Waals surface area contributed by atoms with Crippen molar-refractivity contribution in [3.8, 4) is 22.8 Å². The van der Waals surface area contributed by atoms with E-state index in [0.29, 0.717) is 6.54 Å². The van der Waals surface area contributed by atoms with Crippen molar-refractivity contribution in [1.29, 1.82) is 0 Å². The molecule has 0 unspecified atom stereocenters. The molecule has 0 saturated heterocycles. The van der Waals surface area contributed by atoms with E-state index < -0.39 is 0 Å². The number of rotatable bonds is 4. The topological polar surface area (TPSA) is 62.3 Å². The summed E-state index contributed by atoms with van der Waals surface area (Å²) in [7, 11) is 5.19. The average molecular weight is 247 g/mol. The Hall–Kier alpha value is -2.01. The maximum absolute atomic E-state index is 5.76. The van der Waals surface area contributed by atoms with Crippen LogP contribution in [0, 0.1) is 0 Å². The van der Waals surface area contributed by atoms with Gasteiger partial charge in [-0.05, 0) is 18.2 Å². The summed E-state index contributed by atoms with van der Waals surface area (Å²) in [6.45, 7) is 0.423. The highest BCUT2D eigenvalue weighted by molar-refractivity contribution is 5.71. The van der Waals surface area contributed by atoms with Crippen molar-refractivity contribution in [2.75, 3.05) is 14.2 Å². The molecule has 2 rings (SSSR count). The fourth-order valence-corrected chi connectivity index (χ4v) is 1.92. The van der Waals surface area contributed by atoms with Gasteiger partial charge in [-0.3, -0.25) is 0 Å². The van der Waals surface area contributed by atoms with Crippen LogP contribution in [0.1, 0.15) is 5.69 Å². The van der Waals surface area contributed by atoms with Gasteiger partial charge >= 0.3 is 0 Å². The number of hydrogen-bond donors (Lipinski definition) is 1. The molecule has 5 nitrogen and oxygen atoms in total. The number of imidazole rings is 1. The van der Waals surface area contributed by atoms with Crippen LogP contribution >= 0.6 is 0 Å². The normalized spacial score (nSPS) is 10.4. The SMILES string of the molecule is COc1ccc(OC)c(-c2ncn(C)c2CN)c1. The molecule has 96 valence electrons. The van der Waals surface area contributed by atoms with Crippen molar-refractivity contribution in [1.82, 2.24) is 9.55 Å². The van der Waals surface area contributed by atoms with E-state index in [1.807, 2.05) is 29.8 Å². The number of aryl methyl sites for hydroxylation is 1. The van der Waals surface area contributed by atoms with Crippen LogP contribution < -0.4 is 15.2 Å². The van der Waals surface area contributed by atoms with Crippen LogP contribution in [0.2, 0.25) is 0 Å². The summed E-state index contributed by atoms with van der Waals surface area (Å²) in [4.78, 5) is 4.39. The Morgan fingerprint density at radius 2 is 2.06 bits per heavy atom. The Morgan fingerprint density at radius 3 is 2.67 bits per heavy atom. The van der Waals surface area contributed by atoms with Crippen LogP contribution in [0.3, 0.4) is 0 Å². The first-order valence-electron chi connectivity index (χ1n) is 5.64. The molecule has 0 aliphatic carbocycles. The van der Waals surface area contributed by atoms with Gasteiger partial charge in [0.1, 0.15) is 11.5 Å². The molecule has 0 spiro atoms. The molecular weight excluding hydrogens is 230 g/mol. The lowest BCUT2D eigenvalue weighted by Crippen LogP contribution is -2.04. The summed E-state index contributed by atoms with van der Waals surface area (Å²) in [5, 5.41) is 0. The molecule has 0 radical (unpaired) electrons. The summed E-state index contributed by atoms with van der Waals surface area (Å²) in [5.41, 5.74) is 8.44. The van der Waals surface area contributed by atoms with Crippen LogP contribution in [0.4, 0.5) is 0 Å². The zero-order chi connectivity index (χ0) is 13.1. The second kappa shape index (κ2) is 5.10. The van der Waals surface area contributed by atoms with E-state index in [-0.39, 0.29) is 0 Å². The quantitative estimate of drug-likeness (QED) is 0.890. The van der Waals surface area contributed by atoms with Gasteiger partial charge in [0.2, 0.25) is 0 Å². The van der Waals surface area contributed by atoms with Gasteiger partial charge in [-0.25, -0.2) is 4.98 Å². The number of hydrogen-bond acceptors (Lipinski definition) is 4.